The summed E-state index contributed by atoms with van der Waals surface area (Å²) in [7, 11) is 1.29. The fourth-order valence-corrected chi connectivity index (χ4v) is 2.24. The molecular weight excluding hydrogens is 254 g/mol. The minimum absolute atomic E-state index is 0.0391. The van der Waals surface area contributed by atoms with Gasteiger partial charge in [-0.2, -0.15) is 0 Å². The normalized spacial score (nSPS) is 41.1. The van der Waals surface area contributed by atoms with E-state index >= 15 is 0 Å². The SMILES string of the molecule is [2H]C1([2H])C([2H])([2H])C([2H])([2H])C([2H])(Oc2cc(C3CNC(=O)C3)ccc2OC)C1([2H])[2H]. The monoisotopic (exact) mass is 284 g/mol. The first-order chi connectivity index (χ1) is 13.1. The topological polar surface area (TPSA) is 47.6 Å². The van der Waals surface area contributed by atoms with Crippen LogP contribution < -0.4 is 14.8 Å². The summed E-state index contributed by atoms with van der Waals surface area (Å²) in [6.45, 7) is 0.364. The quantitative estimate of drug-likeness (QED) is 0.924. The van der Waals surface area contributed by atoms with Crippen molar-refractivity contribution in [3.05, 3.63) is 23.8 Å². The Morgan fingerprint density at radius 3 is 2.80 bits per heavy atom. The van der Waals surface area contributed by atoms with Gasteiger partial charge in [0.05, 0.1) is 14.6 Å². The first kappa shape index (κ1) is 6.37. The van der Waals surface area contributed by atoms with Crippen LogP contribution in [-0.4, -0.2) is 25.6 Å². The predicted molar refractivity (Wildman–Crippen MR) is 76.2 cm³/mol. The number of hydrogen-bond acceptors (Lipinski definition) is 3. The molecule has 108 valence electrons. The number of hydrogen-bond donors (Lipinski definition) is 1. The van der Waals surface area contributed by atoms with E-state index in [1.165, 1.54) is 19.2 Å². The number of benzene rings is 1. The van der Waals surface area contributed by atoms with Gasteiger partial charge in [-0.05, 0) is 43.2 Å². The molecule has 1 N–H and O–H groups in total. The fraction of sp³-hybridized carbons (Fsp3) is 0.562. The number of rotatable bonds is 4. The number of nitrogens with one attached hydrogen (secondary N) is 1. The molecule has 1 aliphatic heterocycles. The van der Waals surface area contributed by atoms with E-state index in [0.717, 1.165) is 0 Å². The van der Waals surface area contributed by atoms with Crippen molar-refractivity contribution in [2.45, 2.75) is 43.9 Å². The highest BCUT2D eigenvalue weighted by atomic mass is 16.5. The Labute approximate surface area is 132 Å². The van der Waals surface area contributed by atoms with Crippen molar-refractivity contribution in [2.75, 3.05) is 13.7 Å². The molecular formula is C16H21NO3. The lowest BCUT2D eigenvalue weighted by atomic mass is 9.98. The lowest BCUT2D eigenvalue weighted by Crippen LogP contribution is -2.14. The molecule has 0 spiro atoms. The van der Waals surface area contributed by atoms with Crippen LogP contribution in [-0.2, 0) is 4.79 Å². The van der Waals surface area contributed by atoms with E-state index in [2.05, 4.69) is 5.32 Å². The summed E-state index contributed by atoms with van der Waals surface area (Å²) >= 11 is 0. The smallest absolute Gasteiger partial charge is 0.220 e. The summed E-state index contributed by atoms with van der Waals surface area (Å²) in [6.07, 6.45) is -16.4. The molecule has 2 fully saturated rings. The van der Waals surface area contributed by atoms with Crippen LogP contribution in [0.25, 0.3) is 0 Å². The largest absolute Gasteiger partial charge is 0.493 e. The van der Waals surface area contributed by atoms with Crippen LogP contribution in [0.4, 0.5) is 0 Å². The minimum atomic E-state index is -3.35. The van der Waals surface area contributed by atoms with Gasteiger partial charge in [-0.3, -0.25) is 4.79 Å². The first-order valence-corrected chi connectivity index (χ1v) is 6.28. The van der Waals surface area contributed by atoms with Crippen molar-refractivity contribution in [3.8, 4) is 11.5 Å². The van der Waals surface area contributed by atoms with Gasteiger partial charge in [-0.1, -0.05) is 6.07 Å². The molecule has 0 bridgehead atoms. The van der Waals surface area contributed by atoms with E-state index in [1.807, 2.05) is 0 Å². The molecule has 3 rings (SSSR count). The van der Waals surface area contributed by atoms with Crippen LogP contribution >= 0.6 is 0 Å². The van der Waals surface area contributed by atoms with Gasteiger partial charge in [0.2, 0.25) is 5.91 Å². The van der Waals surface area contributed by atoms with Gasteiger partial charge in [0.15, 0.2) is 11.5 Å². The van der Waals surface area contributed by atoms with Crippen molar-refractivity contribution >= 4 is 5.91 Å². The Bertz CT molecular complexity index is 817. The number of ether oxygens (including phenoxy) is 2. The molecule has 4 nitrogen and oxygen atoms in total. The lowest BCUT2D eigenvalue weighted by molar-refractivity contribution is -0.119. The lowest BCUT2D eigenvalue weighted by Gasteiger charge is -2.18. The zero-order valence-electron chi connectivity index (χ0n) is 19.9. The molecule has 1 aromatic carbocycles. The standard InChI is InChI=1S/C16H21NO3/c1-19-14-7-6-11(12-9-16(18)17-10-12)8-15(14)20-13-4-2-3-5-13/h6-8,12-13H,2-5,9-10H2,1H3,(H,17,18)/i2D2,3D2,4D2,5D2,13D. The van der Waals surface area contributed by atoms with Gasteiger partial charge < -0.3 is 14.8 Å². The third kappa shape index (κ3) is 2.74. The third-order valence-corrected chi connectivity index (χ3v) is 3.26. The highest BCUT2D eigenvalue weighted by Crippen LogP contribution is 2.35. The molecule has 1 aromatic rings. The van der Waals surface area contributed by atoms with Gasteiger partial charge in [-0.15, -0.1) is 0 Å². The van der Waals surface area contributed by atoms with Crippen LogP contribution in [0.5, 0.6) is 11.5 Å². The van der Waals surface area contributed by atoms with Crippen molar-refractivity contribution in [3.63, 3.8) is 0 Å². The van der Waals surface area contributed by atoms with Crippen LogP contribution in [0.2, 0.25) is 0 Å². The van der Waals surface area contributed by atoms with Gasteiger partial charge in [0.1, 0.15) is 0 Å². The third-order valence-electron chi connectivity index (χ3n) is 3.26. The molecule has 1 saturated heterocycles. The Morgan fingerprint density at radius 1 is 1.35 bits per heavy atom. The van der Waals surface area contributed by atoms with E-state index in [-0.39, 0.29) is 29.7 Å². The molecule has 4 heteroatoms. The van der Waals surface area contributed by atoms with Crippen LogP contribution in [0.1, 0.15) is 55.7 Å². The summed E-state index contributed by atoms with van der Waals surface area (Å²) in [5.41, 5.74) is 0.605. The molecule has 1 atom stereocenters. The molecule has 1 unspecified atom stereocenters. The number of carbonyl (C=O) groups is 1. The molecule has 0 aromatic heterocycles. The second-order valence-electron chi connectivity index (χ2n) is 4.55. The molecule has 1 heterocycles. The van der Waals surface area contributed by atoms with Crippen LogP contribution in [0, 0.1) is 0 Å². The molecule has 1 aliphatic carbocycles. The fourth-order valence-electron chi connectivity index (χ4n) is 2.24. The van der Waals surface area contributed by atoms with Crippen molar-refractivity contribution in [1.29, 1.82) is 0 Å². The zero-order chi connectivity index (χ0) is 22.0. The van der Waals surface area contributed by atoms with Crippen LogP contribution in [0.15, 0.2) is 18.2 Å². The Hall–Kier alpha value is -1.71. The Morgan fingerprint density at radius 2 is 2.15 bits per heavy atom. The zero-order valence-corrected chi connectivity index (χ0v) is 10.9. The number of amides is 1. The van der Waals surface area contributed by atoms with E-state index in [1.54, 1.807) is 6.07 Å². The Kier molecular flexibility index (Phi) is 1.83. The van der Waals surface area contributed by atoms with Gasteiger partial charge in [0, 0.05) is 29.8 Å². The summed E-state index contributed by atoms with van der Waals surface area (Å²) in [5, 5.41) is 2.68. The second kappa shape index (κ2) is 5.73. The molecule has 0 radical (unpaired) electrons. The van der Waals surface area contributed by atoms with Gasteiger partial charge in [0.25, 0.3) is 0 Å². The molecule has 1 saturated carbocycles. The van der Waals surface area contributed by atoms with E-state index < -0.39 is 31.6 Å². The summed E-state index contributed by atoms with van der Waals surface area (Å²) in [5.74, 6) is -0.555. The van der Waals surface area contributed by atoms with Crippen molar-refractivity contribution in [1.82, 2.24) is 5.32 Å². The summed E-state index contributed by atoms with van der Waals surface area (Å²) < 4.78 is 82.8. The maximum atomic E-state index is 11.5. The van der Waals surface area contributed by atoms with Crippen LogP contribution in [0.3, 0.4) is 0 Å². The van der Waals surface area contributed by atoms with Crippen molar-refractivity contribution < 1.29 is 26.6 Å². The molecule has 2 aliphatic rings. The minimum Gasteiger partial charge on any atom is -0.493 e. The summed E-state index contributed by atoms with van der Waals surface area (Å²) in [6, 6.07) is 4.50. The number of methoxy groups -OCH3 is 1. The first-order valence-electron chi connectivity index (χ1n) is 10.8. The second-order valence-corrected chi connectivity index (χ2v) is 4.55. The average molecular weight is 284 g/mol. The molecule has 20 heavy (non-hydrogen) atoms. The average Bonchev–Trinajstić information content (AvgIpc) is 3.08. The Balaban J connectivity index is 2.09. The predicted octanol–water partition coefficient (Wildman–Crippen LogP) is 2.62. The highest BCUT2D eigenvalue weighted by Gasteiger charge is 2.25. The highest BCUT2D eigenvalue weighted by molar-refractivity contribution is 5.79. The maximum absolute atomic E-state index is 11.5. The summed E-state index contributed by atoms with van der Waals surface area (Å²) in [4.78, 5) is 11.5. The molecule has 1 amide bonds. The van der Waals surface area contributed by atoms with Crippen molar-refractivity contribution in [2.24, 2.45) is 0 Å². The van der Waals surface area contributed by atoms with Gasteiger partial charge in [-0.25, -0.2) is 0 Å². The maximum Gasteiger partial charge on any atom is 0.220 e. The number of carbonyl (C=O) groups excluding carboxylic acids is 1. The van der Waals surface area contributed by atoms with E-state index in [4.69, 9.17) is 21.8 Å². The van der Waals surface area contributed by atoms with E-state index in [9.17, 15) is 4.79 Å². The van der Waals surface area contributed by atoms with E-state index in [0.29, 0.717) is 12.1 Å². The van der Waals surface area contributed by atoms with Gasteiger partial charge >= 0.3 is 0 Å².